The largest absolute Gasteiger partial charge is 0.378 e. The van der Waals surface area contributed by atoms with Crippen LogP contribution in [-0.2, 0) is 4.79 Å². The third-order valence-electron chi connectivity index (χ3n) is 3.87. The highest BCUT2D eigenvalue weighted by molar-refractivity contribution is 6.31. The Bertz CT molecular complexity index is 997. The van der Waals surface area contributed by atoms with Crippen LogP contribution in [0.4, 0.5) is 11.4 Å². The Hall–Kier alpha value is -2.79. The van der Waals surface area contributed by atoms with Crippen LogP contribution in [0, 0.1) is 0 Å². The van der Waals surface area contributed by atoms with Gasteiger partial charge in [0.05, 0.1) is 6.04 Å². The second-order valence-corrected chi connectivity index (χ2v) is 6.35. The Balaban J connectivity index is 1.89. The number of benzene rings is 2. The van der Waals surface area contributed by atoms with Crippen molar-refractivity contribution in [3.05, 3.63) is 69.5 Å². The van der Waals surface area contributed by atoms with Crippen molar-refractivity contribution in [3.8, 4) is 0 Å². The van der Waals surface area contributed by atoms with Gasteiger partial charge in [-0.3, -0.25) is 9.59 Å². The summed E-state index contributed by atoms with van der Waals surface area (Å²) in [6.45, 7) is 3.37. The summed E-state index contributed by atoms with van der Waals surface area (Å²) in [4.78, 5) is 26.4. The van der Waals surface area contributed by atoms with Crippen LogP contribution in [0.15, 0.2) is 53.3 Å². The van der Waals surface area contributed by atoms with Crippen molar-refractivity contribution in [1.29, 1.82) is 0 Å². The predicted octanol–water partition coefficient (Wildman–Crippen LogP) is 4.31. The molecule has 1 atom stereocenters. The van der Waals surface area contributed by atoms with E-state index in [-0.39, 0.29) is 17.5 Å². The molecule has 3 aromatic rings. The zero-order chi connectivity index (χ0) is 18.0. The number of pyridine rings is 1. The molecule has 25 heavy (non-hydrogen) atoms. The van der Waals surface area contributed by atoms with E-state index < -0.39 is 0 Å². The average Bonchev–Trinajstić information content (AvgIpc) is 2.54. The Labute approximate surface area is 150 Å². The van der Waals surface area contributed by atoms with Crippen molar-refractivity contribution in [2.75, 3.05) is 10.6 Å². The summed E-state index contributed by atoms with van der Waals surface area (Å²) in [7, 11) is 0. The lowest BCUT2D eigenvalue weighted by Gasteiger charge is -2.16. The number of amides is 1. The molecule has 0 spiro atoms. The van der Waals surface area contributed by atoms with Gasteiger partial charge in [-0.25, -0.2) is 0 Å². The first-order chi connectivity index (χ1) is 11.9. The van der Waals surface area contributed by atoms with Gasteiger partial charge < -0.3 is 15.6 Å². The van der Waals surface area contributed by atoms with E-state index in [1.807, 2.05) is 43.3 Å². The van der Waals surface area contributed by atoms with Gasteiger partial charge in [0.1, 0.15) is 0 Å². The van der Waals surface area contributed by atoms with Gasteiger partial charge in [0.15, 0.2) is 0 Å². The third-order valence-corrected chi connectivity index (χ3v) is 4.10. The van der Waals surface area contributed by atoms with Crippen LogP contribution in [0.2, 0.25) is 5.02 Å². The fraction of sp³-hybridized carbons (Fsp3) is 0.158. The molecule has 128 valence electrons. The molecule has 2 aromatic carbocycles. The average molecular weight is 356 g/mol. The maximum atomic E-state index is 12.4. The van der Waals surface area contributed by atoms with Crippen LogP contribution in [-0.4, -0.2) is 10.9 Å². The number of carbonyl (C=O) groups is 1. The van der Waals surface area contributed by atoms with Crippen LogP contribution < -0.4 is 16.2 Å². The summed E-state index contributed by atoms with van der Waals surface area (Å²) >= 11 is 6.04. The first-order valence-corrected chi connectivity index (χ1v) is 8.27. The van der Waals surface area contributed by atoms with Crippen LogP contribution >= 0.6 is 11.6 Å². The normalized spacial score (nSPS) is 12.0. The SMILES string of the molecule is CC(=O)Nc1cccc(NC(C)c2cc3cc(Cl)ccc3[nH]c2=O)c1. The molecule has 1 amide bonds. The van der Waals surface area contributed by atoms with Crippen LogP contribution in [0.3, 0.4) is 0 Å². The first-order valence-electron chi connectivity index (χ1n) is 7.89. The van der Waals surface area contributed by atoms with Crippen LogP contribution in [0.5, 0.6) is 0 Å². The fourth-order valence-corrected chi connectivity index (χ4v) is 2.91. The number of aromatic amines is 1. The topological polar surface area (TPSA) is 74.0 Å². The van der Waals surface area contributed by atoms with E-state index in [2.05, 4.69) is 15.6 Å². The number of anilines is 2. The standard InChI is InChI=1S/C19H18ClN3O2/c1-11(21-15-4-3-5-16(10-15)22-12(2)24)17-9-13-8-14(20)6-7-18(13)23-19(17)25/h3-11,21H,1-2H3,(H,22,24)(H,23,25). The Morgan fingerprint density at radius 2 is 1.88 bits per heavy atom. The molecule has 0 fully saturated rings. The van der Waals surface area contributed by atoms with Crippen LogP contribution in [0.25, 0.3) is 10.9 Å². The lowest BCUT2D eigenvalue weighted by Crippen LogP contribution is -2.19. The molecule has 5 nitrogen and oxygen atoms in total. The zero-order valence-corrected chi connectivity index (χ0v) is 14.6. The summed E-state index contributed by atoms with van der Waals surface area (Å²) in [6, 6.07) is 14.3. The molecule has 3 rings (SSSR count). The number of hydrogen-bond donors (Lipinski definition) is 3. The van der Waals surface area contributed by atoms with Crippen molar-refractivity contribution >= 4 is 39.8 Å². The number of aromatic nitrogens is 1. The smallest absolute Gasteiger partial charge is 0.253 e. The molecule has 1 heterocycles. The van der Waals surface area contributed by atoms with Crippen LogP contribution in [0.1, 0.15) is 25.5 Å². The van der Waals surface area contributed by atoms with Crippen molar-refractivity contribution < 1.29 is 4.79 Å². The summed E-state index contributed by atoms with van der Waals surface area (Å²) in [5, 5.41) is 7.52. The maximum Gasteiger partial charge on any atom is 0.253 e. The summed E-state index contributed by atoms with van der Waals surface area (Å²) in [5.41, 5.74) is 2.72. The zero-order valence-electron chi connectivity index (χ0n) is 13.9. The molecule has 3 N–H and O–H groups in total. The number of carbonyl (C=O) groups excluding carboxylic acids is 1. The number of hydrogen-bond acceptors (Lipinski definition) is 3. The molecule has 0 aliphatic rings. The van der Waals surface area contributed by atoms with Crippen molar-refractivity contribution in [3.63, 3.8) is 0 Å². The number of nitrogens with one attached hydrogen (secondary N) is 3. The molecule has 0 radical (unpaired) electrons. The lowest BCUT2D eigenvalue weighted by molar-refractivity contribution is -0.114. The molecule has 6 heteroatoms. The molecule has 0 aliphatic heterocycles. The Morgan fingerprint density at radius 3 is 2.64 bits per heavy atom. The third kappa shape index (κ3) is 4.00. The summed E-state index contributed by atoms with van der Waals surface area (Å²) in [6.07, 6.45) is 0. The molecule has 0 aliphatic carbocycles. The van der Waals surface area contributed by atoms with Gasteiger partial charge in [0.2, 0.25) is 5.91 Å². The molecule has 0 saturated heterocycles. The molecular formula is C19H18ClN3O2. The van der Waals surface area contributed by atoms with E-state index in [9.17, 15) is 9.59 Å². The maximum absolute atomic E-state index is 12.4. The minimum atomic E-state index is -0.222. The molecule has 0 bridgehead atoms. The van der Waals surface area contributed by atoms with Crippen molar-refractivity contribution in [2.45, 2.75) is 19.9 Å². The van der Waals surface area contributed by atoms with E-state index in [0.29, 0.717) is 16.3 Å². The van der Waals surface area contributed by atoms with Gasteiger partial charge in [-0.05, 0) is 49.4 Å². The number of halogens is 1. The minimum absolute atomic E-state index is 0.131. The fourth-order valence-electron chi connectivity index (χ4n) is 2.73. The van der Waals surface area contributed by atoms with Crippen molar-refractivity contribution in [1.82, 2.24) is 4.98 Å². The van der Waals surface area contributed by atoms with Gasteiger partial charge in [-0.2, -0.15) is 0 Å². The number of rotatable bonds is 4. The van der Waals surface area contributed by atoms with Gasteiger partial charge >= 0.3 is 0 Å². The van der Waals surface area contributed by atoms with E-state index in [1.54, 1.807) is 12.1 Å². The minimum Gasteiger partial charge on any atom is -0.378 e. The quantitative estimate of drug-likeness (QED) is 0.652. The van der Waals surface area contributed by atoms with E-state index in [4.69, 9.17) is 11.6 Å². The van der Waals surface area contributed by atoms with Gasteiger partial charge in [0.25, 0.3) is 5.56 Å². The molecule has 1 aromatic heterocycles. The Morgan fingerprint density at radius 1 is 1.12 bits per heavy atom. The monoisotopic (exact) mass is 355 g/mol. The first kappa shape index (κ1) is 17.0. The highest BCUT2D eigenvalue weighted by Crippen LogP contribution is 2.23. The summed E-state index contributed by atoms with van der Waals surface area (Å²) < 4.78 is 0. The molecular weight excluding hydrogens is 338 g/mol. The summed E-state index contributed by atoms with van der Waals surface area (Å²) in [5.74, 6) is -0.131. The predicted molar refractivity (Wildman–Crippen MR) is 102 cm³/mol. The van der Waals surface area contributed by atoms with Crippen molar-refractivity contribution in [2.24, 2.45) is 0 Å². The number of fused-ring (bicyclic) bond motifs is 1. The highest BCUT2D eigenvalue weighted by Gasteiger charge is 2.12. The highest BCUT2D eigenvalue weighted by atomic mass is 35.5. The Kier molecular flexibility index (Phi) is 4.76. The lowest BCUT2D eigenvalue weighted by atomic mass is 10.1. The second kappa shape index (κ2) is 6.99. The molecule has 0 saturated carbocycles. The van der Waals surface area contributed by atoms with Gasteiger partial charge in [-0.15, -0.1) is 0 Å². The van der Waals surface area contributed by atoms with Gasteiger partial charge in [0, 0.05) is 39.8 Å². The second-order valence-electron chi connectivity index (χ2n) is 5.91. The van der Waals surface area contributed by atoms with Gasteiger partial charge in [-0.1, -0.05) is 17.7 Å². The van der Waals surface area contributed by atoms with E-state index >= 15 is 0 Å². The van der Waals surface area contributed by atoms with E-state index in [1.165, 1.54) is 6.92 Å². The van der Waals surface area contributed by atoms with E-state index in [0.717, 1.165) is 16.6 Å². The molecule has 1 unspecified atom stereocenters. The number of H-pyrrole nitrogens is 1.